The van der Waals surface area contributed by atoms with Crippen molar-refractivity contribution in [3.05, 3.63) is 47.5 Å². The van der Waals surface area contributed by atoms with Crippen LogP contribution in [0.5, 0.6) is 0 Å². The van der Waals surface area contributed by atoms with Gasteiger partial charge in [0.25, 0.3) is 0 Å². The van der Waals surface area contributed by atoms with Gasteiger partial charge in [-0.05, 0) is 37.5 Å². The van der Waals surface area contributed by atoms with Crippen LogP contribution in [0.15, 0.2) is 30.5 Å². The number of aromatic nitrogens is 2. The Morgan fingerprint density at radius 2 is 2.10 bits per heavy atom. The van der Waals surface area contributed by atoms with Gasteiger partial charge < -0.3 is 9.88 Å². The molecule has 0 amide bonds. The molecule has 1 aliphatic carbocycles. The van der Waals surface area contributed by atoms with Crippen molar-refractivity contribution in [1.82, 2.24) is 9.55 Å². The molecule has 1 aromatic heterocycles. The van der Waals surface area contributed by atoms with Gasteiger partial charge in [-0.3, -0.25) is 0 Å². The van der Waals surface area contributed by atoms with Gasteiger partial charge in [-0.2, -0.15) is 0 Å². The molecule has 0 saturated heterocycles. The van der Waals surface area contributed by atoms with Crippen LogP contribution in [0, 0.1) is 12.7 Å². The van der Waals surface area contributed by atoms with E-state index in [0.717, 1.165) is 17.2 Å². The van der Waals surface area contributed by atoms with Gasteiger partial charge in [0, 0.05) is 18.8 Å². The Morgan fingerprint density at radius 3 is 2.86 bits per heavy atom. The number of halogens is 1. The van der Waals surface area contributed by atoms with E-state index < -0.39 is 0 Å². The third-order valence-corrected chi connectivity index (χ3v) is 4.16. The molecule has 1 heterocycles. The number of nitrogens with zero attached hydrogens (tertiary/aromatic N) is 2. The van der Waals surface area contributed by atoms with Crippen LogP contribution in [0.1, 0.15) is 49.4 Å². The van der Waals surface area contributed by atoms with Crippen molar-refractivity contribution in [3.8, 4) is 0 Å². The number of imidazole rings is 1. The molecule has 0 spiro atoms. The second kappa shape index (κ2) is 6.29. The highest BCUT2D eigenvalue weighted by atomic mass is 19.1. The summed E-state index contributed by atoms with van der Waals surface area (Å²) < 4.78 is 15.5. The molecular formula is C17H22FN3. The fourth-order valence-corrected chi connectivity index (χ4v) is 3.11. The van der Waals surface area contributed by atoms with E-state index in [-0.39, 0.29) is 5.82 Å². The number of nitrogens with one attached hydrogen (secondary N) is 1. The van der Waals surface area contributed by atoms with Crippen LogP contribution in [0.2, 0.25) is 0 Å². The van der Waals surface area contributed by atoms with Crippen LogP contribution < -0.4 is 5.32 Å². The van der Waals surface area contributed by atoms with Crippen LogP contribution in [0.4, 0.5) is 10.3 Å². The quantitative estimate of drug-likeness (QED) is 0.900. The zero-order valence-electron chi connectivity index (χ0n) is 12.5. The molecule has 0 bridgehead atoms. The second-order valence-electron chi connectivity index (χ2n) is 5.89. The first-order valence-corrected chi connectivity index (χ1v) is 7.76. The molecule has 0 radical (unpaired) electrons. The standard InChI is InChI=1S/C17H22FN3/c1-13-12-21(16-8-3-2-4-9-16)17(20-13)19-11-14-6-5-7-15(18)10-14/h5-7,10,12,16H,2-4,8-9,11H2,1H3,(H,19,20). The summed E-state index contributed by atoms with van der Waals surface area (Å²) in [4.78, 5) is 4.58. The van der Waals surface area contributed by atoms with Gasteiger partial charge in [0.05, 0.1) is 5.69 Å². The zero-order valence-corrected chi connectivity index (χ0v) is 12.5. The van der Waals surface area contributed by atoms with Gasteiger partial charge >= 0.3 is 0 Å². The van der Waals surface area contributed by atoms with Crippen LogP contribution in [-0.4, -0.2) is 9.55 Å². The van der Waals surface area contributed by atoms with Crippen LogP contribution in [-0.2, 0) is 6.54 Å². The molecule has 0 unspecified atom stereocenters. The summed E-state index contributed by atoms with van der Waals surface area (Å²) in [6.45, 7) is 2.62. The number of hydrogen-bond donors (Lipinski definition) is 1. The molecule has 3 nitrogen and oxygen atoms in total. The fraction of sp³-hybridized carbons (Fsp3) is 0.471. The predicted octanol–water partition coefficient (Wildman–Crippen LogP) is 4.45. The number of benzene rings is 1. The molecule has 1 N–H and O–H groups in total. The molecule has 2 aromatic rings. The predicted molar refractivity (Wildman–Crippen MR) is 82.8 cm³/mol. The SMILES string of the molecule is Cc1cn(C2CCCCC2)c(NCc2cccc(F)c2)n1. The van der Waals surface area contributed by atoms with Crippen molar-refractivity contribution < 1.29 is 4.39 Å². The minimum atomic E-state index is -0.193. The van der Waals surface area contributed by atoms with Crippen molar-refractivity contribution in [3.63, 3.8) is 0 Å². The highest BCUT2D eigenvalue weighted by Gasteiger charge is 2.18. The third-order valence-electron chi connectivity index (χ3n) is 4.16. The van der Waals surface area contributed by atoms with Gasteiger partial charge in [0.2, 0.25) is 5.95 Å². The van der Waals surface area contributed by atoms with Crippen molar-refractivity contribution in [1.29, 1.82) is 0 Å². The van der Waals surface area contributed by atoms with E-state index in [0.29, 0.717) is 12.6 Å². The molecular weight excluding hydrogens is 265 g/mol. The van der Waals surface area contributed by atoms with E-state index in [1.54, 1.807) is 12.1 Å². The number of hydrogen-bond acceptors (Lipinski definition) is 2. The zero-order chi connectivity index (χ0) is 14.7. The average Bonchev–Trinajstić information content (AvgIpc) is 2.87. The Morgan fingerprint density at radius 1 is 1.29 bits per heavy atom. The molecule has 21 heavy (non-hydrogen) atoms. The molecule has 1 aromatic carbocycles. The maximum Gasteiger partial charge on any atom is 0.203 e. The van der Waals surface area contributed by atoms with Gasteiger partial charge in [0.1, 0.15) is 5.82 Å². The van der Waals surface area contributed by atoms with E-state index in [2.05, 4.69) is 21.1 Å². The van der Waals surface area contributed by atoms with Crippen LogP contribution >= 0.6 is 0 Å². The van der Waals surface area contributed by atoms with Crippen molar-refractivity contribution in [2.75, 3.05) is 5.32 Å². The number of aryl methyl sites for hydroxylation is 1. The Kier molecular flexibility index (Phi) is 4.23. The third kappa shape index (κ3) is 3.43. The van der Waals surface area contributed by atoms with E-state index in [1.165, 1.54) is 38.2 Å². The number of rotatable bonds is 4. The maximum atomic E-state index is 13.2. The topological polar surface area (TPSA) is 29.9 Å². The largest absolute Gasteiger partial charge is 0.352 e. The smallest absolute Gasteiger partial charge is 0.203 e. The molecule has 3 rings (SSSR count). The first-order valence-electron chi connectivity index (χ1n) is 7.76. The van der Waals surface area contributed by atoms with Gasteiger partial charge in [-0.25, -0.2) is 9.37 Å². The van der Waals surface area contributed by atoms with Crippen LogP contribution in [0.25, 0.3) is 0 Å². The summed E-state index contributed by atoms with van der Waals surface area (Å²) >= 11 is 0. The normalized spacial score (nSPS) is 16.1. The summed E-state index contributed by atoms with van der Waals surface area (Å²) in [5.74, 6) is 0.713. The first kappa shape index (κ1) is 14.1. The molecule has 4 heteroatoms. The second-order valence-corrected chi connectivity index (χ2v) is 5.89. The molecule has 1 saturated carbocycles. The summed E-state index contributed by atoms with van der Waals surface area (Å²) in [7, 11) is 0. The lowest BCUT2D eigenvalue weighted by molar-refractivity contribution is 0.355. The highest BCUT2D eigenvalue weighted by molar-refractivity contribution is 5.32. The summed E-state index contributed by atoms with van der Waals surface area (Å²) in [6, 6.07) is 7.25. The summed E-state index contributed by atoms with van der Waals surface area (Å²) in [5.41, 5.74) is 1.97. The lowest BCUT2D eigenvalue weighted by Crippen LogP contribution is -2.15. The summed E-state index contributed by atoms with van der Waals surface area (Å²) in [6.07, 6.45) is 8.52. The Bertz CT molecular complexity index is 600. The lowest BCUT2D eigenvalue weighted by atomic mass is 9.95. The minimum Gasteiger partial charge on any atom is -0.352 e. The van der Waals surface area contributed by atoms with Gasteiger partial charge in [-0.15, -0.1) is 0 Å². The molecule has 1 fully saturated rings. The molecule has 0 atom stereocenters. The Balaban J connectivity index is 1.72. The van der Waals surface area contributed by atoms with E-state index >= 15 is 0 Å². The maximum absolute atomic E-state index is 13.2. The van der Waals surface area contributed by atoms with E-state index in [1.807, 2.05) is 13.0 Å². The lowest BCUT2D eigenvalue weighted by Gasteiger charge is -2.24. The Hall–Kier alpha value is -1.84. The van der Waals surface area contributed by atoms with Gasteiger partial charge in [-0.1, -0.05) is 31.4 Å². The van der Waals surface area contributed by atoms with Gasteiger partial charge in [0.15, 0.2) is 0 Å². The summed E-state index contributed by atoms with van der Waals surface area (Å²) in [5, 5.41) is 3.36. The molecule has 1 aliphatic rings. The molecule has 112 valence electrons. The minimum absolute atomic E-state index is 0.193. The Labute approximate surface area is 125 Å². The fourth-order valence-electron chi connectivity index (χ4n) is 3.11. The van der Waals surface area contributed by atoms with Crippen molar-refractivity contribution in [2.24, 2.45) is 0 Å². The first-order chi connectivity index (χ1) is 10.2. The van der Waals surface area contributed by atoms with E-state index in [4.69, 9.17) is 0 Å². The van der Waals surface area contributed by atoms with Crippen molar-refractivity contribution >= 4 is 5.95 Å². The molecule has 0 aliphatic heterocycles. The average molecular weight is 287 g/mol. The van der Waals surface area contributed by atoms with Crippen molar-refractivity contribution in [2.45, 2.75) is 51.6 Å². The monoisotopic (exact) mass is 287 g/mol. The highest BCUT2D eigenvalue weighted by Crippen LogP contribution is 2.30. The number of anilines is 1. The van der Waals surface area contributed by atoms with E-state index in [9.17, 15) is 4.39 Å². The van der Waals surface area contributed by atoms with Crippen LogP contribution in [0.3, 0.4) is 0 Å².